The predicted octanol–water partition coefficient (Wildman–Crippen LogP) is 4.18. The highest BCUT2D eigenvalue weighted by Gasteiger charge is 2.32. The van der Waals surface area contributed by atoms with E-state index in [1.165, 1.54) is 5.39 Å². The second-order valence-corrected chi connectivity index (χ2v) is 9.98. The van der Waals surface area contributed by atoms with Crippen LogP contribution in [0.15, 0.2) is 46.9 Å². The number of aromatic nitrogens is 2. The molecule has 0 radical (unpaired) electrons. The number of hydrogen-bond acceptors (Lipinski definition) is 5. The van der Waals surface area contributed by atoms with E-state index in [1.807, 2.05) is 18.2 Å². The van der Waals surface area contributed by atoms with Gasteiger partial charge >= 0.3 is 0 Å². The van der Waals surface area contributed by atoms with Crippen molar-refractivity contribution in [3.05, 3.63) is 48.4 Å². The molecule has 3 aromatic rings. The van der Waals surface area contributed by atoms with Crippen LogP contribution in [-0.4, -0.2) is 42.9 Å². The van der Waals surface area contributed by atoms with E-state index in [4.69, 9.17) is 4.42 Å². The summed E-state index contributed by atoms with van der Waals surface area (Å²) in [7, 11) is -0.808. The number of hydrogen-bond donors (Lipinski definition) is 0. The van der Waals surface area contributed by atoms with Gasteiger partial charge in [0.05, 0.1) is 6.04 Å². The Labute approximate surface area is 162 Å². The van der Waals surface area contributed by atoms with Crippen LogP contribution in [0, 0.1) is 0 Å². The normalized spacial score (nSPS) is 21.8. The van der Waals surface area contributed by atoms with E-state index in [0.717, 1.165) is 30.5 Å². The molecule has 2 atom stereocenters. The summed E-state index contributed by atoms with van der Waals surface area (Å²) in [6, 6.07) is 14.4. The summed E-state index contributed by atoms with van der Waals surface area (Å²) in [5, 5.41) is 10.9. The van der Waals surface area contributed by atoms with Crippen LogP contribution in [0.1, 0.15) is 39.1 Å². The maximum absolute atomic E-state index is 12.4. The van der Waals surface area contributed by atoms with E-state index in [9.17, 15) is 4.21 Å². The van der Waals surface area contributed by atoms with Crippen LogP contribution < -0.4 is 0 Å². The van der Waals surface area contributed by atoms with Crippen LogP contribution >= 0.6 is 0 Å². The zero-order valence-corrected chi connectivity index (χ0v) is 16.8. The standard InChI is InChI=1S/C21H25N3O2S/c1-15(24-11-10-21(2,3)27(25)13-12-24)19-22-23-20(26-19)18-9-8-16-6-4-5-7-17(16)14-18/h4-9,14-15H,10-13H2,1-3H3. The average molecular weight is 384 g/mol. The first-order chi connectivity index (χ1) is 12.9. The summed E-state index contributed by atoms with van der Waals surface area (Å²) < 4.78 is 18.2. The first-order valence-electron chi connectivity index (χ1n) is 9.39. The van der Waals surface area contributed by atoms with E-state index in [2.05, 4.69) is 60.1 Å². The Kier molecular flexibility index (Phi) is 4.86. The van der Waals surface area contributed by atoms with Gasteiger partial charge in [-0.25, -0.2) is 0 Å². The summed E-state index contributed by atoms with van der Waals surface area (Å²) >= 11 is 0. The lowest BCUT2D eigenvalue weighted by molar-refractivity contribution is 0.192. The van der Waals surface area contributed by atoms with Crippen molar-refractivity contribution in [3.63, 3.8) is 0 Å². The highest BCUT2D eigenvalue weighted by atomic mass is 32.2. The fourth-order valence-electron chi connectivity index (χ4n) is 3.50. The van der Waals surface area contributed by atoms with Crippen LogP contribution in [0.4, 0.5) is 0 Å². The van der Waals surface area contributed by atoms with Crippen LogP contribution in [0.2, 0.25) is 0 Å². The lowest BCUT2D eigenvalue weighted by Crippen LogP contribution is -2.30. The fourth-order valence-corrected chi connectivity index (χ4v) is 4.77. The molecule has 2 aromatic carbocycles. The molecule has 1 fully saturated rings. The molecule has 142 valence electrons. The maximum atomic E-state index is 12.4. The van der Waals surface area contributed by atoms with Crippen molar-refractivity contribution in [2.24, 2.45) is 0 Å². The molecule has 4 rings (SSSR count). The van der Waals surface area contributed by atoms with Crippen molar-refractivity contribution >= 4 is 21.6 Å². The van der Waals surface area contributed by atoms with E-state index in [-0.39, 0.29) is 10.8 Å². The monoisotopic (exact) mass is 383 g/mol. The molecule has 0 spiro atoms. The third kappa shape index (κ3) is 3.69. The fraction of sp³-hybridized carbons (Fsp3) is 0.429. The molecular weight excluding hydrogens is 358 g/mol. The number of nitrogens with zero attached hydrogens (tertiary/aromatic N) is 3. The van der Waals surface area contributed by atoms with Gasteiger partial charge in [-0.1, -0.05) is 30.3 Å². The molecule has 0 N–H and O–H groups in total. The van der Waals surface area contributed by atoms with Gasteiger partial charge in [-0.05, 0) is 50.1 Å². The van der Waals surface area contributed by atoms with Crippen molar-refractivity contribution in [2.75, 3.05) is 18.8 Å². The van der Waals surface area contributed by atoms with Gasteiger partial charge in [0.25, 0.3) is 0 Å². The lowest BCUT2D eigenvalue weighted by Gasteiger charge is -2.25. The molecule has 5 nitrogen and oxygen atoms in total. The number of fused-ring (bicyclic) bond motifs is 1. The maximum Gasteiger partial charge on any atom is 0.247 e. The SMILES string of the molecule is CC(c1nnc(-c2ccc3ccccc3c2)o1)N1CCS(=O)C(C)(C)CC1. The second kappa shape index (κ2) is 7.17. The first kappa shape index (κ1) is 18.3. The minimum absolute atomic E-state index is 0.0117. The van der Waals surface area contributed by atoms with E-state index in [0.29, 0.717) is 17.5 Å². The number of rotatable bonds is 3. The van der Waals surface area contributed by atoms with Gasteiger partial charge in [0.2, 0.25) is 11.8 Å². The Morgan fingerprint density at radius 3 is 2.70 bits per heavy atom. The molecule has 0 bridgehead atoms. The Morgan fingerprint density at radius 1 is 1.11 bits per heavy atom. The molecule has 0 saturated carbocycles. The Morgan fingerprint density at radius 2 is 1.89 bits per heavy atom. The smallest absolute Gasteiger partial charge is 0.247 e. The molecule has 0 amide bonds. The summed E-state index contributed by atoms with van der Waals surface area (Å²) in [6.07, 6.45) is 0.898. The van der Waals surface area contributed by atoms with Crippen molar-refractivity contribution in [1.82, 2.24) is 15.1 Å². The molecule has 2 unspecified atom stereocenters. The summed E-state index contributed by atoms with van der Waals surface area (Å²) in [5.41, 5.74) is 0.928. The van der Waals surface area contributed by atoms with Crippen LogP contribution in [-0.2, 0) is 10.8 Å². The summed E-state index contributed by atoms with van der Waals surface area (Å²) in [6.45, 7) is 7.92. The quantitative estimate of drug-likeness (QED) is 0.679. The molecular formula is C21H25N3O2S. The molecule has 1 aromatic heterocycles. The Bertz CT molecular complexity index is 982. The van der Waals surface area contributed by atoms with Gasteiger partial charge in [-0.2, -0.15) is 0 Å². The van der Waals surface area contributed by atoms with Crippen LogP contribution in [0.5, 0.6) is 0 Å². The molecule has 2 heterocycles. The minimum Gasteiger partial charge on any atom is -0.419 e. The highest BCUT2D eigenvalue weighted by molar-refractivity contribution is 7.86. The third-order valence-corrected chi connectivity index (χ3v) is 7.51. The van der Waals surface area contributed by atoms with Crippen molar-refractivity contribution in [2.45, 2.75) is 38.0 Å². The van der Waals surface area contributed by atoms with Crippen molar-refractivity contribution < 1.29 is 8.63 Å². The summed E-state index contributed by atoms with van der Waals surface area (Å²) in [5.74, 6) is 1.84. The molecule has 27 heavy (non-hydrogen) atoms. The third-order valence-electron chi connectivity index (χ3n) is 5.52. The van der Waals surface area contributed by atoms with E-state index < -0.39 is 10.8 Å². The van der Waals surface area contributed by atoms with Gasteiger partial charge in [0, 0.05) is 40.0 Å². The largest absolute Gasteiger partial charge is 0.419 e. The average Bonchev–Trinajstić information content (AvgIpc) is 3.12. The Hall–Kier alpha value is -2.05. The number of benzene rings is 2. The Balaban J connectivity index is 1.55. The van der Waals surface area contributed by atoms with E-state index >= 15 is 0 Å². The minimum atomic E-state index is -0.808. The zero-order valence-electron chi connectivity index (χ0n) is 16.0. The molecule has 1 aliphatic heterocycles. The first-order valence-corrected chi connectivity index (χ1v) is 10.7. The lowest BCUT2D eigenvalue weighted by atomic mass is 10.1. The summed E-state index contributed by atoms with van der Waals surface area (Å²) in [4.78, 5) is 2.30. The zero-order chi connectivity index (χ0) is 19.0. The molecule has 6 heteroatoms. The van der Waals surface area contributed by atoms with Crippen molar-refractivity contribution in [1.29, 1.82) is 0 Å². The second-order valence-electron chi connectivity index (χ2n) is 7.78. The predicted molar refractivity (Wildman–Crippen MR) is 109 cm³/mol. The highest BCUT2D eigenvalue weighted by Crippen LogP contribution is 2.29. The van der Waals surface area contributed by atoms with Gasteiger partial charge in [-0.15, -0.1) is 10.2 Å². The topological polar surface area (TPSA) is 59.2 Å². The van der Waals surface area contributed by atoms with Gasteiger partial charge in [0.15, 0.2) is 0 Å². The molecule has 1 aliphatic rings. The van der Waals surface area contributed by atoms with Gasteiger partial charge < -0.3 is 4.42 Å². The van der Waals surface area contributed by atoms with Crippen LogP contribution in [0.3, 0.4) is 0 Å². The molecule has 1 saturated heterocycles. The van der Waals surface area contributed by atoms with Gasteiger partial charge in [-0.3, -0.25) is 9.11 Å². The van der Waals surface area contributed by atoms with Crippen LogP contribution in [0.25, 0.3) is 22.2 Å². The van der Waals surface area contributed by atoms with Crippen molar-refractivity contribution in [3.8, 4) is 11.5 Å². The molecule has 0 aliphatic carbocycles. The van der Waals surface area contributed by atoms with Gasteiger partial charge in [0.1, 0.15) is 0 Å². The van der Waals surface area contributed by atoms with E-state index in [1.54, 1.807) is 0 Å².